The van der Waals surface area contributed by atoms with E-state index in [4.69, 9.17) is 16.3 Å². The van der Waals surface area contributed by atoms with E-state index in [0.717, 1.165) is 5.75 Å². The van der Waals surface area contributed by atoms with E-state index in [-0.39, 0.29) is 23.4 Å². The maximum atomic E-state index is 14.5. The molecule has 0 unspecified atom stereocenters. The number of H-pyrrole nitrogens is 1. The molecule has 144 valence electrons. The zero-order valence-electron chi connectivity index (χ0n) is 14.8. The van der Waals surface area contributed by atoms with Crippen LogP contribution in [0.15, 0.2) is 42.5 Å². The second-order valence-electron chi connectivity index (χ2n) is 6.49. The van der Waals surface area contributed by atoms with E-state index >= 15 is 0 Å². The standard InChI is InChI=1S/C19H17ClFN5O2/c20-13-2-4-14(5-3-13)28-15-7-9-26(10-8-15)19(27)16-6-1-12(11-17(16)21)18-22-24-25-23-18/h1-6,11,15H,7-10H2,(H,22,23,24,25). The number of amides is 1. The van der Waals surface area contributed by atoms with Crippen molar-refractivity contribution in [1.29, 1.82) is 0 Å². The second-order valence-corrected chi connectivity index (χ2v) is 6.93. The van der Waals surface area contributed by atoms with Gasteiger partial charge in [0.25, 0.3) is 5.91 Å². The highest BCUT2D eigenvalue weighted by atomic mass is 35.5. The lowest BCUT2D eigenvalue weighted by Crippen LogP contribution is -2.42. The molecule has 3 aromatic rings. The van der Waals surface area contributed by atoms with Crippen LogP contribution in [0.2, 0.25) is 5.02 Å². The minimum absolute atomic E-state index is 0.00990. The maximum absolute atomic E-state index is 14.5. The minimum atomic E-state index is -0.605. The molecule has 4 rings (SSSR count). The van der Waals surface area contributed by atoms with Gasteiger partial charge in [0.2, 0.25) is 5.82 Å². The van der Waals surface area contributed by atoms with Gasteiger partial charge < -0.3 is 9.64 Å². The monoisotopic (exact) mass is 401 g/mol. The van der Waals surface area contributed by atoms with E-state index in [2.05, 4.69) is 20.6 Å². The van der Waals surface area contributed by atoms with E-state index in [1.165, 1.54) is 12.1 Å². The molecular weight excluding hydrogens is 385 g/mol. The van der Waals surface area contributed by atoms with Gasteiger partial charge in [-0.2, -0.15) is 5.21 Å². The summed E-state index contributed by atoms with van der Waals surface area (Å²) in [5, 5.41) is 14.0. The number of carbonyl (C=O) groups is 1. The topological polar surface area (TPSA) is 84.0 Å². The molecule has 0 spiro atoms. The summed E-state index contributed by atoms with van der Waals surface area (Å²) >= 11 is 5.88. The zero-order valence-corrected chi connectivity index (χ0v) is 15.6. The molecule has 1 aliphatic heterocycles. The molecular formula is C19H17ClFN5O2. The van der Waals surface area contributed by atoms with Gasteiger partial charge in [-0.05, 0) is 41.6 Å². The van der Waals surface area contributed by atoms with E-state index in [0.29, 0.717) is 36.5 Å². The number of likely N-dealkylation sites (tertiary alicyclic amines) is 1. The van der Waals surface area contributed by atoms with Gasteiger partial charge in [0.05, 0.1) is 5.56 Å². The number of halogens is 2. The molecule has 1 aromatic heterocycles. The molecule has 0 atom stereocenters. The van der Waals surface area contributed by atoms with Gasteiger partial charge in [-0.3, -0.25) is 4.79 Å². The molecule has 1 aliphatic rings. The summed E-state index contributed by atoms with van der Waals surface area (Å²) in [4.78, 5) is 14.3. The number of hydrogen-bond donors (Lipinski definition) is 1. The molecule has 2 aromatic carbocycles. The maximum Gasteiger partial charge on any atom is 0.256 e. The van der Waals surface area contributed by atoms with Gasteiger partial charge in [-0.25, -0.2) is 4.39 Å². The van der Waals surface area contributed by atoms with Crippen molar-refractivity contribution in [2.75, 3.05) is 13.1 Å². The van der Waals surface area contributed by atoms with Crippen LogP contribution in [0.25, 0.3) is 11.4 Å². The SMILES string of the molecule is O=C(c1ccc(-c2nn[nH]n2)cc1F)N1CCC(Oc2ccc(Cl)cc2)CC1. The molecule has 9 heteroatoms. The first-order chi connectivity index (χ1) is 13.6. The van der Waals surface area contributed by atoms with Crippen molar-refractivity contribution in [1.82, 2.24) is 25.5 Å². The van der Waals surface area contributed by atoms with Gasteiger partial charge in [0.1, 0.15) is 17.7 Å². The van der Waals surface area contributed by atoms with Crippen LogP contribution in [-0.2, 0) is 0 Å². The summed E-state index contributed by atoms with van der Waals surface area (Å²) < 4.78 is 20.4. The Morgan fingerprint density at radius 3 is 2.57 bits per heavy atom. The fourth-order valence-electron chi connectivity index (χ4n) is 3.16. The van der Waals surface area contributed by atoms with Crippen molar-refractivity contribution in [3.8, 4) is 17.1 Å². The average molecular weight is 402 g/mol. The molecule has 1 N–H and O–H groups in total. The average Bonchev–Trinajstić information content (AvgIpc) is 3.25. The predicted molar refractivity (Wildman–Crippen MR) is 101 cm³/mol. The molecule has 2 heterocycles. The highest BCUT2D eigenvalue weighted by Gasteiger charge is 2.26. The van der Waals surface area contributed by atoms with Crippen molar-refractivity contribution in [3.05, 3.63) is 58.9 Å². The number of tetrazole rings is 1. The van der Waals surface area contributed by atoms with Crippen LogP contribution >= 0.6 is 11.6 Å². The second kappa shape index (κ2) is 7.93. The van der Waals surface area contributed by atoms with Crippen molar-refractivity contribution >= 4 is 17.5 Å². The summed E-state index contributed by atoms with van der Waals surface area (Å²) in [7, 11) is 0. The quantitative estimate of drug-likeness (QED) is 0.724. The summed E-state index contributed by atoms with van der Waals surface area (Å²) in [5.41, 5.74) is 0.488. The van der Waals surface area contributed by atoms with E-state index in [1.807, 2.05) is 12.1 Å². The van der Waals surface area contributed by atoms with Crippen molar-refractivity contribution in [3.63, 3.8) is 0 Å². The Kier molecular flexibility index (Phi) is 5.21. The lowest BCUT2D eigenvalue weighted by molar-refractivity contribution is 0.0591. The molecule has 1 saturated heterocycles. The zero-order chi connectivity index (χ0) is 19.5. The number of aromatic nitrogens is 4. The minimum Gasteiger partial charge on any atom is -0.490 e. The summed E-state index contributed by atoms with van der Waals surface area (Å²) in [6, 6.07) is 11.5. The van der Waals surface area contributed by atoms with Crippen molar-refractivity contribution in [2.45, 2.75) is 18.9 Å². The number of rotatable bonds is 4. The molecule has 0 bridgehead atoms. The smallest absolute Gasteiger partial charge is 0.256 e. The van der Waals surface area contributed by atoms with Crippen molar-refractivity contribution in [2.24, 2.45) is 0 Å². The third-order valence-electron chi connectivity index (χ3n) is 4.65. The number of piperidine rings is 1. The molecule has 1 amide bonds. The lowest BCUT2D eigenvalue weighted by atomic mass is 10.0. The van der Waals surface area contributed by atoms with Gasteiger partial charge in [0.15, 0.2) is 0 Å². The number of nitrogens with one attached hydrogen (secondary N) is 1. The third-order valence-corrected chi connectivity index (χ3v) is 4.90. The van der Waals surface area contributed by atoms with Gasteiger partial charge in [0, 0.05) is 36.5 Å². The van der Waals surface area contributed by atoms with Crippen LogP contribution in [0.4, 0.5) is 4.39 Å². The molecule has 7 nitrogen and oxygen atoms in total. The third kappa shape index (κ3) is 3.96. The van der Waals surface area contributed by atoms with Crippen LogP contribution < -0.4 is 4.74 Å². The Balaban J connectivity index is 1.38. The number of hydrogen-bond acceptors (Lipinski definition) is 5. The summed E-state index contributed by atoms with van der Waals surface area (Å²) in [6.07, 6.45) is 1.36. The first kappa shape index (κ1) is 18.4. The fourth-order valence-corrected chi connectivity index (χ4v) is 3.29. The first-order valence-electron chi connectivity index (χ1n) is 8.85. The van der Waals surface area contributed by atoms with E-state index < -0.39 is 5.82 Å². The Hall–Kier alpha value is -3.00. The fraction of sp³-hybridized carbons (Fsp3) is 0.263. The van der Waals surface area contributed by atoms with E-state index in [9.17, 15) is 9.18 Å². The molecule has 0 saturated carbocycles. The van der Waals surface area contributed by atoms with Gasteiger partial charge in [-0.1, -0.05) is 17.7 Å². The van der Waals surface area contributed by atoms with Crippen LogP contribution in [-0.4, -0.2) is 50.6 Å². The van der Waals surface area contributed by atoms with Gasteiger partial charge in [-0.15, -0.1) is 10.2 Å². The van der Waals surface area contributed by atoms with Crippen LogP contribution in [0, 0.1) is 5.82 Å². The first-order valence-corrected chi connectivity index (χ1v) is 9.23. The van der Waals surface area contributed by atoms with Crippen LogP contribution in [0.5, 0.6) is 5.75 Å². The van der Waals surface area contributed by atoms with Crippen LogP contribution in [0.3, 0.4) is 0 Å². The molecule has 28 heavy (non-hydrogen) atoms. The normalized spacial score (nSPS) is 14.9. The highest BCUT2D eigenvalue weighted by Crippen LogP contribution is 2.23. The van der Waals surface area contributed by atoms with E-state index in [1.54, 1.807) is 23.1 Å². The van der Waals surface area contributed by atoms with Crippen molar-refractivity contribution < 1.29 is 13.9 Å². The molecule has 0 radical (unpaired) electrons. The number of aromatic amines is 1. The summed E-state index contributed by atoms with van der Waals surface area (Å²) in [5.74, 6) is 0.0873. The summed E-state index contributed by atoms with van der Waals surface area (Å²) in [6.45, 7) is 1.01. The lowest BCUT2D eigenvalue weighted by Gasteiger charge is -2.32. The Morgan fingerprint density at radius 1 is 1.18 bits per heavy atom. The largest absolute Gasteiger partial charge is 0.490 e. The number of nitrogens with zero attached hydrogens (tertiary/aromatic N) is 4. The highest BCUT2D eigenvalue weighted by molar-refractivity contribution is 6.30. The molecule has 0 aliphatic carbocycles. The van der Waals surface area contributed by atoms with Crippen LogP contribution in [0.1, 0.15) is 23.2 Å². The Labute approximate surface area is 165 Å². The molecule has 1 fully saturated rings. The number of carbonyl (C=O) groups excluding carboxylic acids is 1. The number of ether oxygens (including phenoxy) is 1. The van der Waals surface area contributed by atoms with Gasteiger partial charge >= 0.3 is 0 Å². The Morgan fingerprint density at radius 2 is 1.93 bits per heavy atom. The number of benzene rings is 2. The Bertz CT molecular complexity index is 957. The predicted octanol–water partition coefficient (Wildman–Crippen LogP) is 3.34.